The molecule has 56 valence electrons. The van der Waals surface area contributed by atoms with Crippen LogP contribution in [0.3, 0.4) is 0 Å². The summed E-state index contributed by atoms with van der Waals surface area (Å²) >= 11 is 1.73. The summed E-state index contributed by atoms with van der Waals surface area (Å²) < 4.78 is 0. The Labute approximate surface area is 65.9 Å². The largest absolute Gasteiger partial charge is 0.324 e. The van der Waals surface area contributed by atoms with E-state index in [0.717, 1.165) is 6.42 Å². The molecule has 0 aliphatic heterocycles. The highest BCUT2D eigenvalue weighted by Gasteiger charge is 2.05. The molecule has 1 rings (SSSR count). The van der Waals surface area contributed by atoms with E-state index in [2.05, 4.69) is 24.6 Å². The summed E-state index contributed by atoms with van der Waals surface area (Å²) in [6, 6.07) is 0.242. The molecule has 2 N–H and O–H groups in total. The molecule has 0 saturated heterocycles. The predicted molar refractivity (Wildman–Crippen MR) is 46.3 cm³/mol. The van der Waals surface area contributed by atoms with Gasteiger partial charge in [-0.3, -0.25) is 0 Å². The molecule has 0 fully saturated rings. The van der Waals surface area contributed by atoms with Gasteiger partial charge in [-0.2, -0.15) is 11.3 Å². The average Bonchev–Trinajstić information content (AvgIpc) is 2.34. The smallest absolute Gasteiger partial charge is 0.0303 e. The minimum absolute atomic E-state index is 0.242. The summed E-state index contributed by atoms with van der Waals surface area (Å²) in [5, 5.41) is 4.29. The highest BCUT2D eigenvalue weighted by Crippen LogP contribution is 2.21. The highest BCUT2D eigenvalue weighted by molar-refractivity contribution is 7.08. The van der Waals surface area contributed by atoms with Crippen molar-refractivity contribution in [2.45, 2.75) is 26.3 Å². The standard InChI is InChI=1S/C8H13NS/c1-3-8(9)7-5-10-4-6(7)2/h4-5,8H,3,9H2,1-2H3/t8-/m0/s1. The normalized spacial score (nSPS) is 13.5. The minimum Gasteiger partial charge on any atom is -0.324 e. The number of hydrogen-bond acceptors (Lipinski definition) is 2. The Morgan fingerprint density at radius 1 is 1.60 bits per heavy atom. The first kappa shape index (κ1) is 7.76. The number of thiophene rings is 1. The van der Waals surface area contributed by atoms with Crippen LogP contribution in [0.5, 0.6) is 0 Å². The molecule has 10 heavy (non-hydrogen) atoms. The van der Waals surface area contributed by atoms with Gasteiger partial charge >= 0.3 is 0 Å². The molecule has 0 aromatic carbocycles. The molecule has 0 amide bonds. The summed E-state index contributed by atoms with van der Waals surface area (Å²) in [6.45, 7) is 4.23. The molecule has 0 saturated carbocycles. The monoisotopic (exact) mass is 155 g/mol. The van der Waals surface area contributed by atoms with Gasteiger partial charge in [-0.25, -0.2) is 0 Å². The van der Waals surface area contributed by atoms with Gasteiger partial charge in [0.05, 0.1) is 0 Å². The van der Waals surface area contributed by atoms with Crippen LogP contribution in [0.15, 0.2) is 10.8 Å². The lowest BCUT2D eigenvalue weighted by molar-refractivity contribution is 0.697. The lowest BCUT2D eigenvalue weighted by Crippen LogP contribution is -2.08. The van der Waals surface area contributed by atoms with E-state index in [1.165, 1.54) is 11.1 Å². The van der Waals surface area contributed by atoms with Gasteiger partial charge in [0, 0.05) is 6.04 Å². The van der Waals surface area contributed by atoms with Crippen LogP contribution in [0.2, 0.25) is 0 Å². The number of aryl methyl sites for hydroxylation is 1. The van der Waals surface area contributed by atoms with Gasteiger partial charge in [0.15, 0.2) is 0 Å². The first-order chi connectivity index (χ1) is 4.75. The molecule has 0 aliphatic carbocycles. The van der Waals surface area contributed by atoms with Crippen LogP contribution in [-0.4, -0.2) is 0 Å². The SMILES string of the molecule is CC[C@H](N)c1cscc1C. The summed E-state index contributed by atoms with van der Waals surface area (Å²) in [5.74, 6) is 0. The van der Waals surface area contributed by atoms with Crippen molar-refractivity contribution in [3.05, 3.63) is 21.9 Å². The molecule has 0 unspecified atom stereocenters. The predicted octanol–water partition coefficient (Wildman–Crippen LogP) is 2.47. The second-order valence-electron chi connectivity index (χ2n) is 2.52. The first-order valence-electron chi connectivity index (χ1n) is 3.54. The van der Waals surface area contributed by atoms with Crippen molar-refractivity contribution >= 4 is 11.3 Å². The zero-order valence-corrected chi connectivity index (χ0v) is 7.24. The molecule has 0 bridgehead atoms. The Morgan fingerprint density at radius 3 is 2.70 bits per heavy atom. The van der Waals surface area contributed by atoms with E-state index in [0.29, 0.717) is 0 Å². The van der Waals surface area contributed by atoms with Crippen molar-refractivity contribution in [1.29, 1.82) is 0 Å². The van der Waals surface area contributed by atoms with Crippen molar-refractivity contribution in [2.24, 2.45) is 5.73 Å². The molecule has 0 radical (unpaired) electrons. The van der Waals surface area contributed by atoms with Crippen molar-refractivity contribution < 1.29 is 0 Å². The van der Waals surface area contributed by atoms with Gasteiger partial charge in [-0.15, -0.1) is 0 Å². The molecule has 2 heteroatoms. The van der Waals surface area contributed by atoms with Gasteiger partial charge in [-0.1, -0.05) is 6.92 Å². The molecule has 1 nitrogen and oxygen atoms in total. The Kier molecular flexibility index (Phi) is 2.46. The summed E-state index contributed by atoms with van der Waals surface area (Å²) in [4.78, 5) is 0. The molecule has 1 aromatic heterocycles. The van der Waals surface area contributed by atoms with Crippen LogP contribution in [-0.2, 0) is 0 Å². The Bertz CT molecular complexity index is 205. The van der Waals surface area contributed by atoms with Crippen molar-refractivity contribution in [3.63, 3.8) is 0 Å². The highest BCUT2D eigenvalue weighted by atomic mass is 32.1. The molecule has 0 aliphatic rings. The van der Waals surface area contributed by atoms with Gasteiger partial charge in [-0.05, 0) is 35.2 Å². The fraction of sp³-hybridized carbons (Fsp3) is 0.500. The second kappa shape index (κ2) is 3.17. The first-order valence-corrected chi connectivity index (χ1v) is 4.48. The van der Waals surface area contributed by atoms with E-state index in [1.807, 2.05) is 0 Å². The third-order valence-electron chi connectivity index (χ3n) is 1.73. The van der Waals surface area contributed by atoms with Gasteiger partial charge in [0.25, 0.3) is 0 Å². The second-order valence-corrected chi connectivity index (χ2v) is 3.27. The van der Waals surface area contributed by atoms with E-state index in [9.17, 15) is 0 Å². The molecule has 1 heterocycles. The summed E-state index contributed by atoms with van der Waals surface area (Å²) in [5.41, 5.74) is 8.49. The maximum absolute atomic E-state index is 5.85. The summed E-state index contributed by atoms with van der Waals surface area (Å²) in [6.07, 6.45) is 1.03. The third-order valence-corrected chi connectivity index (χ3v) is 2.61. The molecule has 1 atom stereocenters. The van der Waals surface area contributed by atoms with E-state index in [4.69, 9.17) is 5.73 Å². The van der Waals surface area contributed by atoms with Gasteiger partial charge < -0.3 is 5.73 Å². The number of rotatable bonds is 2. The quantitative estimate of drug-likeness (QED) is 0.697. The third kappa shape index (κ3) is 1.39. The Hall–Kier alpha value is -0.340. The van der Waals surface area contributed by atoms with Gasteiger partial charge in [0.1, 0.15) is 0 Å². The molecule has 1 aromatic rings. The van der Waals surface area contributed by atoms with Crippen molar-refractivity contribution in [3.8, 4) is 0 Å². The Morgan fingerprint density at radius 2 is 2.30 bits per heavy atom. The van der Waals surface area contributed by atoms with E-state index in [1.54, 1.807) is 11.3 Å². The van der Waals surface area contributed by atoms with Crippen molar-refractivity contribution in [2.75, 3.05) is 0 Å². The van der Waals surface area contributed by atoms with Crippen molar-refractivity contribution in [1.82, 2.24) is 0 Å². The zero-order chi connectivity index (χ0) is 7.56. The van der Waals surface area contributed by atoms with E-state index < -0.39 is 0 Å². The van der Waals surface area contributed by atoms with Crippen LogP contribution in [0.4, 0.5) is 0 Å². The van der Waals surface area contributed by atoms with Crippen LogP contribution in [0.1, 0.15) is 30.5 Å². The van der Waals surface area contributed by atoms with Gasteiger partial charge in [0.2, 0.25) is 0 Å². The molecular formula is C8H13NS. The fourth-order valence-corrected chi connectivity index (χ4v) is 1.89. The number of nitrogens with two attached hydrogens (primary N) is 1. The van der Waals surface area contributed by atoms with Crippen LogP contribution in [0, 0.1) is 6.92 Å². The fourth-order valence-electron chi connectivity index (χ4n) is 0.970. The van der Waals surface area contributed by atoms with Crippen LogP contribution >= 0.6 is 11.3 Å². The lowest BCUT2D eigenvalue weighted by atomic mass is 10.1. The summed E-state index contributed by atoms with van der Waals surface area (Å²) in [7, 11) is 0. The molecular weight excluding hydrogens is 142 g/mol. The maximum Gasteiger partial charge on any atom is 0.0303 e. The Balaban J connectivity index is 2.82. The van der Waals surface area contributed by atoms with E-state index >= 15 is 0 Å². The minimum atomic E-state index is 0.242. The maximum atomic E-state index is 5.85. The average molecular weight is 155 g/mol. The zero-order valence-electron chi connectivity index (χ0n) is 6.42. The molecule has 0 spiro atoms. The van der Waals surface area contributed by atoms with Crippen LogP contribution in [0.25, 0.3) is 0 Å². The topological polar surface area (TPSA) is 26.0 Å². The lowest BCUT2D eigenvalue weighted by Gasteiger charge is -2.06. The van der Waals surface area contributed by atoms with Crippen LogP contribution < -0.4 is 5.73 Å². The number of hydrogen-bond donors (Lipinski definition) is 1. The van der Waals surface area contributed by atoms with E-state index in [-0.39, 0.29) is 6.04 Å².